The summed E-state index contributed by atoms with van der Waals surface area (Å²) in [6, 6.07) is 0. The quantitative estimate of drug-likeness (QED) is 0.612. The number of nitrogens with one attached hydrogen (secondary N) is 1. The second kappa shape index (κ2) is 3.80. The van der Waals surface area contributed by atoms with E-state index < -0.39 is 5.60 Å². The molecule has 0 aromatic heterocycles. The molecule has 1 aliphatic heterocycles. The lowest BCUT2D eigenvalue weighted by Gasteiger charge is -2.47. The van der Waals surface area contributed by atoms with Crippen molar-refractivity contribution < 1.29 is 10.2 Å². The van der Waals surface area contributed by atoms with E-state index in [-0.39, 0.29) is 12.0 Å². The third-order valence-electron chi connectivity index (χ3n) is 4.19. The van der Waals surface area contributed by atoms with Gasteiger partial charge in [0.2, 0.25) is 0 Å². The molecule has 0 spiro atoms. The van der Waals surface area contributed by atoms with Gasteiger partial charge >= 0.3 is 0 Å². The molecular weight excluding hydrogens is 178 g/mol. The molecule has 3 nitrogen and oxygen atoms in total. The average Bonchev–Trinajstić information content (AvgIpc) is 2.68. The first-order chi connectivity index (χ1) is 6.72. The largest absolute Gasteiger partial charge is 0.396 e. The Bertz CT molecular complexity index is 193. The van der Waals surface area contributed by atoms with Crippen LogP contribution in [0.15, 0.2) is 0 Å². The van der Waals surface area contributed by atoms with Gasteiger partial charge in [0.05, 0.1) is 12.2 Å². The van der Waals surface area contributed by atoms with Gasteiger partial charge in [-0.15, -0.1) is 0 Å². The van der Waals surface area contributed by atoms with E-state index >= 15 is 0 Å². The highest BCUT2D eigenvalue weighted by molar-refractivity contribution is 5.03. The van der Waals surface area contributed by atoms with Crippen molar-refractivity contribution >= 4 is 0 Å². The fourth-order valence-electron chi connectivity index (χ4n) is 3.14. The summed E-state index contributed by atoms with van der Waals surface area (Å²) >= 11 is 0. The zero-order valence-corrected chi connectivity index (χ0v) is 8.76. The normalized spacial score (nSPS) is 37.3. The molecule has 2 fully saturated rings. The predicted octanol–water partition coefficient (Wildman–Crippen LogP) is 0.654. The molecule has 3 heteroatoms. The minimum absolute atomic E-state index is 0.122. The highest BCUT2D eigenvalue weighted by Crippen LogP contribution is 2.47. The van der Waals surface area contributed by atoms with Crippen molar-refractivity contribution in [2.24, 2.45) is 5.41 Å². The first-order valence-electron chi connectivity index (χ1n) is 5.76. The first kappa shape index (κ1) is 10.4. The lowest BCUT2D eigenvalue weighted by molar-refractivity contribution is -0.115. The van der Waals surface area contributed by atoms with Crippen molar-refractivity contribution in [2.75, 3.05) is 19.7 Å². The fraction of sp³-hybridized carbons (Fsp3) is 1.00. The Hall–Kier alpha value is -0.120. The van der Waals surface area contributed by atoms with E-state index in [2.05, 4.69) is 5.32 Å². The summed E-state index contributed by atoms with van der Waals surface area (Å²) < 4.78 is 0. The number of piperidine rings is 1. The molecule has 2 rings (SSSR count). The fourth-order valence-corrected chi connectivity index (χ4v) is 3.14. The molecule has 1 saturated carbocycles. The molecule has 0 bridgehead atoms. The third kappa shape index (κ3) is 1.47. The summed E-state index contributed by atoms with van der Waals surface area (Å²) in [5.74, 6) is 0. The summed E-state index contributed by atoms with van der Waals surface area (Å²) in [5, 5.41) is 23.4. The van der Waals surface area contributed by atoms with Gasteiger partial charge in [0.15, 0.2) is 0 Å². The number of rotatable bonds is 2. The maximum absolute atomic E-state index is 10.6. The third-order valence-corrected chi connectivity index (χ3v) is 4.19. The van der Waals surface area contributed by atoms with Crippen LogP contribution in [0.2, 0.25) is 0 Å². The van der Waals surface area contributed by atoms with Gasteiger partial charge in [-0.05, 0) is 32.2 Å². The molecular formula is C11H21NO2. The molecule has 1 heterocycles. The lowest BCUT2D eigenvalue weighted by Crippen LogP contribution is -2.57. The molecule has 0 aromatic rings. The Kier molecular flexibility index (Phi) is 2.82. The maximum Gasteiger partial charge on any atom is 0.0737 e. The van der Waals surface area contributed by atoms with Gasteiger partial charge in [-0.2, -0.15) is 0 Å². The number of aliphatic hydroxyl groups is 2. The second-order valence-corrected chi connectivity index (χ2v) is 4.96. The van der Waals surface area contributed by atoms with E-state index in [4.69, 9.17) is 0 Å². The van der Waals surface area contributed by atoms with E-state index in [1.165, 1.54) is 0 Å². The smallest absolute Gasteiger partial charge is 0.0737 e. The number of hydrogen-bond acceptors (Lipinski definition) is 3. The van der Waals surface area contributed by atoms with Crippen LogP contribution in [0.4, 0.5) is 0 Å². The molecule has 0 aromatic carbocycles. The Morgan fingerprint density at radius 3 is 2.29 bits per heavy atom. The predicted molar refractivity (Wildman–Crippen MR) is 55.0 cm³/mol. The van der Waals surface area contributed by atoms with Gasteiger partial charge < -0.3 is 15.5 Å². The summed E-state index contributed by atoms with van der Waals surface area (Å²) in [6.07, 6.45) is 6.00. The molecule has 1 atom stereocenters. The van der Waals surface area contributed by atoms with E-state index in [0.717, 1.165) is 51.6 Å². The van der Waals surface area contributed by atoms with Crippen LogP contribution in [0.1, 0.15) is 38.5 Å². The molecule has 0 amide bonds. The summed E-state index contributed by atoms with van der Waals surface area (Å²) in [4.78, 5) is 0. The molecule has 1 saturated heterocycles. The minimum Gasteiger partial charge on any atom is -0.396 e. The zero-order valence-electron chi connectivity index (χ0n) is 8.76. The minimum atomic E-state index is -0.602. The molecule has 1 unspecified atom stereocenters. The van der Waals surface area contributed by atoms with Crippen LogP contribution in [0.25, 0.3) is 0 Å². The van der Waals surface area contributed by atoms with Crippen molar-refractivity contribution in [1.82, 2.24) is 5.32 Å². The molecule has 82 valence electrons. The SMILES string of the molecule is OCC1(C2(O)CCCC2)CCCNC1. The van der Waals surface area contributed by atoms with E-state index in [1.807, 2.05) is 0 Å². The number of aliphatic hydroxyl groups excluding tert-OH is 1. The van der Waals surface area contributed by atoms with Gasteiger partial charge in [-0.3, -0.25) is 0 Å². The van der Waals surface area contributed by atoms with Crippen molar-refractivity contribution in [1.29, 1.82) is 0 Å². The van der Waals surface area contributed by atoms with Crippen LogP contribution in [0, 0.1) is 5.41 Å². The summed E-state index contributed by atoms with van der Waals surface area (Å²) in [6.45, 7) is 1.92. The van der Waals surface area contributed by atoms with Gasteiger partial charge in [0.1, 0.15) is 0 Å². The summed E-state index contributed by atoms with van der Waals surface area (Å²) in [5.41, 5.74) is -0.864. The average molecular weight is 199 g/mol. The van der Waals surface area contributed by atoms with Crippen molar-refractivity contribution in [3.8, 4) is 0 Å². The highest BCUT2D eigenvalue weighted by atomic mass is 16.3. The van der Waals surface area contributed by atoms with Crippen LogP contribution >= 0.6 is 0 Å². The monoisotopic (exact) mass is 199 g/mol. The molecule has 14 heavy (non-hydrogen) atoms. The van der Waals surface area contributed by atoms with Crippen LogP contribution in [0.5, 0.6) is 0 Å². The van der Waals surface area contributed by atoms with E-state index in [0.29, 0.717) is 0 Å². The van der Waals surface area contributed by atoms with Crippen LogP contribution < -0.4 is 5.32 Å². The van der Waals surface area contributed by atoms with Crippen molar-refractivity contribution in [3.63, 3.8) is 0 Å². The highest BCUT2D eigenvalue weighted by Gasteiger charge is 2.51. The van der Waals surface area contributed by atoms with E-state index in [9.17, 15) is 10.2 Å². The Labute approximate surface area is 85.5 Å². The second-order valence-electron chi connectivity index (χ2n) is 4.96. The first-order valence-corrected chi connectivity index (χ1v) is 5.76. The molecule has 0 radical (unpaired) electrons. The standard InChI is InChI=1S/C11H21NO2/c13-9-10(4-3-7-12-8-10)11(14)5-1-2-6-11/h12-14H,1-9H2. The van der Waals surface area contributed by atoms with Gasteiger partial charge in [0, 0.05) is 12.0 Å². The van der Waals surface area contributed by atoms with Crippen LogP contribution in [-0.4, -0.2) is 35.5 Å². The Morgan fingerprint density at radius 2 is 1.79 bits per heavy atom. The van der Waals surface area contributed by atoms with Crippen molar-refractivity contribution in [3.05, 3.63) is 0 Å². The molecule has 1 aliphatic carbocycles. The zero-order chi connectivity index (χ0) is 10.1. The van der Waals surface area contributed by atoms with Gasteiger partial charge in [-0.25, -0.2) is 0 Å². The van der Waals surface area contributed by atoms with Crippen LogP contribution in [-0.2, 0) is 0 Å². The van der Waals surface area contributed by atoms with Gasteiger partial charge in [0.25, 0.3) is 0 Å². The maximum atomic E-state index is 10.6. The molecule has 3 N–H and O–H groups in total. The Morgan fingerprint density at radius 1 is 1.07 bits per heavy atom. The molecule has 2 aliphatic rings. The van der Waals surface area contributed by atoms with Crippen LogP contribution in [0.3, 0.4) is 0 Å². The lowest BCUT2D eigenvalue weighted by atomic mass is 9.67. The topological polar surface area (TPSA) is 52.5 Å². The van der Waals surface area contributed by atoms with Gasteiger partial charge in [-0.1, -0.05) is 12.8 Å². The van der Waals surface area contributed by atoms with E-state index in [1.54, 1.807) is 0 Å². The van der Waals surface area contributed by atoms with Crippen molar-refractivity contribution in [2.45, 2.75) is 44.1 Å². The Balaban J connectivity index is 2.16. The summed E-state index contributed by atoms with van der Waals surface area (Å²) in [7, 11) is 0. The number of hydrogen-bond donors (Lipinski definition) is 3.